The average molecular weight is 349 g/mol. The van der Waals surface area contributed by atoms with Gasteiger partial charge in [0.1, 0.15) is 11.9 Å². The summed E-state index contributed by atoms with van der Waals surface area (Å²) in [5, 5.41) is 9.80. The minimum Gasteiger partial charge on any atom is -0.385 e. The second-order valence-electron chi connectivity index (χ2n) is 4.55. The molecule has 0 spiro atoms. The minimum atomic E-state index is -0.656. The third-order valence-corrected chi connectivity index (χ3v) is 3.54. The van der Waals surface area contributed by atoms with Gasteiger partial charge in [0, 0.05) is 17.1 Å². The standard InChI is InChI=1S/C17H21BrN2O/c1-5-16(20(6-2)17(19-4)13(3)21)12-9-14-7-10-15(18)11-8-14/h6-8,10-11,13,16,21H,2,5H2,1,3-4H3/t13-,16?/m0/s1. The van der Waals surface area contributed by atoms with Gasteiger partial charge in [-0.05, 0) is 43.8 Å². The van der Waals surface area contributed by atoms with Gasteiger partial charge in [-0.1, -0.05) is 41.3 Å². The van der Waals surface area contributed by atoms with Crippen LogP contribution < -0.4 is 0 Å². The number of aliphatic hydroxyl groups is 1. The van der Waals surface area contributed by atoms with Crippen LogP contribution in [0.25, 0.3) is 0 Å². The number of aliphatic hydroxyl groups excluding tert-OH is 1. The highest BCUT2D eigenvalue weighted by Crippen LogP contribution is 2.11. The van der Waals surface area contributed by atoms with Crippen molar-refractivity contribution in [1.82, 2.24) is 4.90 Å². The molecule has 0 radical (unpaired) electrons. The van der Waals surface area contributed by atoms with Crippen LogP contribution in [0, 0.1) is 11.8 Å². The molecule has 0 heterocycles. The molecule has 1 rings (SSSR count). The summed E-state index contributed by atoms with van der Waals surface area (Å²) in [5.74, 6) is 6.95. The number of hydrogen-bond donors (Lipinski definition) is 1. The highest BCUT2D eigenvalue weighted by Gasteiger charge is 2.19. The van der Waals surface area contributed by atoms with Crippen molar-refractivity contribution in [1.29, 1.82) is 0 Å². The van der Waals surface area contributed by atoms with E-state index in [4.69, 9.17) is 0 Å². The first kappa shape index (κ1) is 17.5. The van der Waals surface area contributed by atoms with Crippen molar-refractivity contribution in [3.05, 3.63) is 47.1 Å². The first-order chi connectivity index (χ1) is 10.0. The second-order valence-corrected chi connectivity index (χ2v) is 5.46. The molecule has 1 N–H and O–H groups in total. The van der Waals surface area contributed by atoms with Crippen LogP contribution >= 0.6 is 15.9 Å². The van der Waals surface area contributed by atoms with Crippen LogP contribution in [0.4, 0.5) is 0 Å². The van der Waals surface area contributed by atoms with E-state index >= 15 is 0 Å². The molecule has 0 bridgehead atoms. The van der Waals surface area contributed by atoms with E-state index in [1.54, 1.807) is 20.2 Å². The van der Waals surface area contributed by atoms with Crippen molar-refractivity contribution in [2.45, 2.75) is 32.4 Å². The first-order valence-electron chi connectivity index (χ1n) is 6.86. The van der Waals surface area contributed by atoms with Gasteiger partial charge in [0.15, 0.2) is 0 Å². The third kappa shape index (κ3) is 5.04. The molecule has 0 aromatic heterocycles. The van der Waals surface area contributed by atoms with Gasteiger partial charge in [-0.2, -0.15) is 0 Å². The summed E-state index contributed by atoms with van der Waals surface area (Å²) in [7, 11) is 1.66. The Morgan fingerprint density at radius 3 is 2.52 bits per heavy atom. The normalized spacial score (nSPS) is 13.9. The van der Waals surface area contributed by atoms with Gasteiger partial charge < -0.3 is 10.0 Å². The zero-order chi connectivity index (χ0) is 15.8. The number of aliphatic imine (C=N–C) groups is 1. The van der Waals surface area contributed by atoms with E-state index in [2.05, 4.69) is 39.3 Å². The van der Waals surface area contributed by atoms with E-state index in [9.17, 15) is 5.11 Å². The summed E-state index contributed by atoms with van der Waals surface area (Å²) in [6.07, 6.45) is 1.82. The SMILES string of the molecule is C=CN(C(=NC)[C@H](C)O)C(C#Cc1ccc(Br)cc1)CC. The molecule has 21 heavy (non-hydrogen) atoms. The van der Waals surface area contributed by atoms with Crippen LogP contribution in [0.2, 0.25) is 0 Å². The predicted molar refractivity (Wildman–Crippen MR) is 92.2 cm³/mol. The lowest BCUT2D eigenvalue weighted by molar-refractivity contribution is 0.241. The molecule has 2 atom stereocenters. The molecule has 0 aliphatic heterocycles. The second kappa shape index (κ2) is 8.66. The molecule has 0 amide bonds. The minimum absolute atomic E-state index is 0.0700. The number of benzene rings is 1. The highest BCUT2D eigenvalue weighted by molar-refractivity contribution is 9.10. The van der Waals surface area contributed by atoms with Crippen molar-refractivity contribution in [3.63, 3.8) is 0 Å². The molecule has 1 aromatic carbocycles. The fraction of sp³-hybridized carbons (Fsp3) is 0.353. The lowest BCUT2D eigenvalue weighted by Gasteiger charge is -2.28. The Morgan fingerprint density at radius 1 is 1.48 bits per heavy atom. The van der Waals surface area contributed by atoms with Crippen molar-refractivity contribution < 1.29 is 5.11 Å². The number of nitrogens with zero attached hydrogens (tertiary/aromatic N) is 2. The number of hydrogen-bond acceptors (Lipinski definition) is 2. The quantitative estimate of drug-likeness (QED) is 0.514. The number of rotatable bonds is 4. The molecule has 4 heteroatoms. The zero-order valence-corrected chi connectivity index (χ0v) is 14.3. The van der Waals surface area contributed by atoms with E-state index < -0.39 is 6.10 Å². The van der Waals surface area contributed by atoms with Gasteiger partial charge >= 0.3 is 0 Å². The van der Waals surface area contributed by atoms with Crippen LogP contribution in [0.3, 0.4) is 0 Å². The van der Waals surface area contributed by atoms with Crippen molar-refractivity contribution in [2.75, 3.05) is 7.05 Å². The van der Waals surface area contributed by atoms with Crippen LogP contribution in [0.15, 0.2) is 46.5 Å². The average Bonchev–Trinajstić information content (AvgIpc) is 2.48. The van der Waals surface area contributed by atoms with Crippen LogP contribution in [0.1, 0.15) is 25.8 Å². The summed E-state index contributed by atoms with van der Waals surface area (Å²) < 4.78 is 1.03. The van der Waals surface area contributed by atoms with Gasteiger partial charge in [-0.3, -0.25) is 4.99 Å². The summed E-state index contributed by atoms with van der Waals surface area (Å²) in [5.41, 5.74) is 0.952. The molecule has 0 saturated heterocycles. The Hall–Kier alpha value is -1.57. The Labute approximate surface area is 135 Å². The molecular weight excluding hydrogens is 328 g/mol. The van der Waals surface area contributed by atoms with E-state index in [0.717, 1.165) is 16.5 Å². The molecule has 0 saturated carbocycles. The predicted octanol–water partition coefficient (Wildman–Crippen LogP) is 3.43. The monoisotopic (exact) mass is 348 g/mol. The topological polar surface area (TPSA) is 35.8 Å². The molecule has 1 aromatic rings. The fourth-order valence-corrected chi connectivity index (χ4v) is 2.23. The lowest BCUT2D eigenvalue weighted by atomic mass is 10.1. The molecule has 0 aliphatic rings. The van der Waals surface area contributed by atoms with Crippen molar-refractivity contribution >= 4 is 21.8 Å². The maximum atomic E-state index is 9.80. The third-order valence-electron chi connectivity index (χ3n) is 3.01. The van der Waals surface area contributed by atoms with Gasteiger partial charge in [0.2, 0.25) is 0 Å². The Kier molecular flexibility index (Phi) is 7.21. The van der Waals surface area contributed by atoms with Crippen LogP contribution in [-0.4, -0.2) is 35.0 Å². The molecule has 1 unspecified atom stereocenters. The summed E-state index contributed by atoms with van der Waals surface area (Å²) in [4.78, 5) is 5.97. The summed E-state index contributed by atoms with van der Waals surface area (Å²) in [6, 6.07) is 7.78. The molecule has 0 aliphatic carbocycles. The zero-order valence-electron chi connectivity index (χ0n) is 12.7. The van der Waals surface area contributed by atoms with E-state index in [0.29, 0.717) is 5.84 Å². The number of halogens is 1. The summed E-state index contributed by atoms with van der Waals surface area (Å²) >= 11 is 3.40. The first-order valence-corrected chi connectivity index (χ1v) is 7.65. The summed E-state index contributed by atoms with van der Waals surface area (Å²) in [6.45, 7) is 7.54. The molecule has 112 valence electrons. The maximum Gasteiger partial charge on any atom is 0.133 e. The largest absolute Gasteiger partial charge is 0.385 e. The van der Waals surface area contributed by atoms with Crippen LogP contribution in [-0.2, 0) is 0 Å². The van der Waals surface area contributed by atoms with E-state index in [1.807, 2.05) is 36.1 Å². The van der Waals surface area contributed by atoms with E-state index in [-0.39, 0.29) is 6.04 Å². The smallest absolute Gasteiger partial charge is 0.133 e. The molecule has 0 fully saturated rings. The Bertz CT molecular complexity index is 552. The number of amidine groups is 1. The van der Waals surface area contributed by atoms with Crippen molar-refractivity contribution in [3.8, 4) is 11.8 Å². The van der Waals surface area contributed by atoms with Crippen LogP contribution in [0.5, 0.6) is 0 Å². The fourth-order valence-electron chi connectivity index (χ4n) is 1.97. The molecular formula is C17H21BrN2O. The van der Waals surface area contributed by atoms with Gasteiger partial charge in [-0.25, -0.2) is 0 Å². The van der Waals surface area contributed by atoms with Crippen molar-refractivity contribution in [2.24, 2.45) is 4.99 Å². The molecule has 3 nitrogen and oxygen atoms in total. The Balaban J connectivity index is 3.01. The van der Waals surface area contributed by atoms with Gasteiger partial charge in [-0.15, -0.1) is 0 Å². The van der Waals surface area contributed by atoms with Gasteiger partial charge in [0.25, 0.3) is 0 Å². The Morgan fingerprint density at radius 2 is 2.10 bits per heavy atom. The lowest BCUT2D eigenvalue weighted by Crippen LogP contribution is -2.40. The van der Waals surface area contributed by atoms with Gasteiger partial charge in [0.05, 0.1) is 6.04 Å². The maximum absolute atomic E-state index is 9.80. The van der Waals surface area contributed by atoms with E-state index in [1.165, 1.54) is 0 Å². The highest BCUT2D eigenvalue weighted by atomic mass is 79.9.